The van der Waals surface area contributed by atoms with Gasteiger partial charge in [0.2, 0.25) is 0 Å². The lowest BCUT2D eigenvalue weighted by molar-refractivity contribution is 0.0963. The van der Waals surface area contributed by atoms with Crippen LogP contribution in [-0.4, -0.2) is 42.7 Å². The van der Waals surface area contributed by atoms with Crippen LogP contribution in [0.3, 0.4) is 0 Å². The van der Waals surface area contributed by atoms with Gasteiger partial charge in [-0.3, -0.25) is 15.6 Å². The number of nitrogens with zero attached hydrogens (tertiary/aromatic N) is 1. The smallest absolute Gasteiger partial charge is 0.259 e. The summed E-state index contributed by atoms with van der Waals surface area (Å²) in [4.78, 5) is 14.7. The molecule has 172 valence electrons. The number of hydrogen-bond donors (Lipinski definition) is 4. The van der Waals surface area contributed by atoms with E-state index in [2.05, 4.69) is 10.6 Å². The van der Waals surface area contributed by atoms with E-state index in [1.807, 2.05) is 65.0 Å². The molecule has 0 spiro atoms. The predicted octanol–water partition coefficient (Wildman–Crippen LogP) is 4.16. The SMILES string of the molecule is COc1cc2c(cc1C(=O)NC(/C=C\C=C(/C)C(=N)N(C=N)C(C)C)=C(C)C)CNCC2. The lowest BCUT2D eigenvalue weighted by atomic mass is 9.97. The number of benzene rings is 1. The van der Waals surface area contributed by atoms with Crippen LogP contribution in [0.4, 0.5) is 0 Å². The van der Waals surface area contributed by atoms with Crippen molar-refractivity contribution in [3.63, 3.8) is 0 Å². The zero-order chi connectivity index (χ0) is 23.8. The molecule has 2 rings (SSSR count). The van der Waals surface area contributed by atoms with Crippen LogP contribution in [0.1, 0.15) is 56.1 Å². The van der Waals surface area contributed by atoms with Crippen LogP contribution < -0.4 is 15.4 Å². The molecule has 1 amide bonds. The van der Waals surface area contributed by atoms with Crippen molar-refractivity contribution in [2.75, 3.05) is 13.7 Å². The Kier molecular flexibility index (Phi) is 8.96. The van der Waals surface area contributed by atoms with Crippen LogP contribution >= 0.6 is 0 Å². The maximum Gasteiger partial charge on any atom is 0.259 e. The van der Waals surface area contributed by atoms with E-state index in [1.165, 1.54) is 5.56 Å². The minimum atomic E-state index is -0.223. The first-order valence-corrected chi connectivity index (χ1v) is 10.8. The first-order chi connectivity index (χ1) is 15.2. The van der Waals surface area contributed by atoms with Crippen molar-refractivity contribution in [2.45, 2.75) is 53.6 Å². The summed E-state index contributed by atoms with van der Waals surface area (Å²) in [6.45, 7) is 11.2. The van der Waals surface area contributed by atoms with E-state index in [4.69, 9.17) is 15.6 Å². The topological polar surface area (TPSA) is 101 Å². The zero-order valence-electron chi connectivity index (χ0n) is 19.9. The normalized spacial score (nSPS) is 13.5. The molecule has 7 nitrogen and oxygen atoms in total. The zero-order valence-corrected chi connectivity index (χ0v) is 19.9. The van der Waals surface area contributed by atoms with Gasteiger partial charge in [0.25, 0.3) is 5.91 Å². The van der Waals surface area contributed by atoms with Crippen molar-refractivity contribution in [2.24, 2.45) is 0 Å². The summed E-state index contributed by atoms with van der Waals surface area (Å²) in [7, 11) is 1.58. The van der Waals surface area contributed by atoms with Gasteiger partial charge >= 0.3 is 0 Å². The molecule has 0 aliphatic carbocycles. The van der Waals surface area contributed by atoms with E-state index in [-0.39, 0.29) is 17.8 Å². The Morgan fingerprint density at radius 3 is 2.56 bits per heavy atom. The van der Waals surface area contributed by atoms with Gasteiger partial charge in [-0.2, -0.15) is 0 Å². The van der Waals surface area contributed by atoms with E-state index in [0.29, 0.717) is 17.0 Å². The maximum atomic E-state index is 13.1. The first kappa shape index (κ1) is 25.1. The number of fused-ring (bicyclic) bond motifs is 1. The summed E-state index contributed by atoms with van der Waals surface area (Å²) < 4.78 is 5.49. The Bertz CT molecular complexity index is 969. The highest BCUT2D eigenvalue weighted by Gasteiger charge is 2.19. The highest BCUT2D eigenvalue weighted by atomic mass is 16.5. The molecule has 1 aliphatic heterocycles. The van der Waals surface area contributed by atoms with E-state index in [0.717, 1.165) is 42.6 Å². The van der Waals surface area contributed by atoms with E-state index in [1.54, 1.807) is 12.0 Å². The maximum absolute atomic E-state index is 13.1. The largest absolute Gasteiger partial charge is 0.496 e. The van der Waals surface area contributed by atoms with E-state index in [9.17, 15) is 4.79 Å². The van der Waals surface area contributed by atoms with Crippen LogP contribution in [0.25, 0.3) is 0 Å². The fourth-order valence-electron chi connectivity index (χ4n) is 3.42. The highest BCUT2D eigenvalue weighted by molar-refractivity contribution is 6.01. The molecular weight excluding hydrogens is 402 g/mol. The Hall–Kier alpha value is -3.19. The van der Waals surface area contributed by atoms with Gasteiger partial charge in [0.05, 0.1) is 19.0 Å². The summed E-state index contributed by atoms with van der Waals surface area (Å²) in [5, 5.41) is 22.1. The monoisotopic (exact) mass is 437 g/mol. The van der Waals surface area contributed by atoms with Crippen LogP contribution in [0.15, 0.2) is 47.2 Å². The van der Waals surface area contributed by atoms with Gasteiger partial charge in [-0.1, -0.05) is 17.7 Å². The summed E-state index contributed by atoms with van der Waals surface area (Å²) in [6, 6.07) is 3.90. The fourth-order valence-corrected chi connectivity index (χ4v) is 3.42. The third-order valence-electron chi connectivity index (χ3n) is 5.38. The first-order valence-electron chi connectivity index (χ1n) is 10.8. The van der Waals surface area contributed by atoms with Gasteiger partial charge in [0.15, 0.2) is 0 Å². The second-order valence-corrected chi connectivity index (χ2v) is 8.30. The molecule has 0 radical (unpaired) electrons. The van der Waals surface area contributed by atoms with Crippen LogP contribution in [0, 0.1) is 10.8 Å². The third kappa shape index (κ3) is 6.17. The van der Waals surface area contributed by atoms with Crippen molar-refractivity contribution in [1.29, 1.82) is 10.8 Å². The second kappa shape index (κ2) is 11.4. The van der Waals surface area contributed by atoms with E-state index >= 15 is 0 Å². The molecule has 7 heteroatoms. The standard InChI is InChI=1S/C25H35N5O2/c1-16(2)22(9-7-8-18(5)24(27)30(15-26)17(3)4)29-25(31)21-12-20-14-28-11-10-19(20)13-23(21)32-6/h7-9,12-13,15,17,26-28H,10-11,14H2,1-6H3,(H,29,31)/b9-7-,18-8+,26-15?,27-24?. The highest BCUT2D eigenvalue weighted by Crippen LogP contribution is 2.26. The van der Waals surface area contributed by atoms with Crippen LogP contribution in [0.5, 0.6) is 5.75 Å². The van der Waals surface area contributed by atoms with Gasteiger partial charge < -0.3 is 20.3 Å². The fraction of sp³-hybridized carbons (Fsp3) is 0.400. The van der Waals surface area contributed by atoms with Crippen molar-refractivity contribution in [1.82, 2.24) is 15.5 Å². The Labute approximate surface area is 191 Å². The molecule has 0 saturated heterocycles. The molecule has 0 unspecified atom stereocenters. The number of carbonyl (C=O) groups is 1. The van der Waals surface area contributed by atoms with E-state index < -0.39 is 0 Å². The summed E-state index contributed by atoms with van der Waals surface area (Å²) in [6.07, 6.45) is 7.52. The molecule has 1 heterocycles. The lowest BCUT2D eigenvalue weighted by Crippen LogP contribution is -2.35. The molecule has 1 aromatic carbocycles. The van der Waals surface area contributed by atoms with Crippen molar-refractivity contribution in [3.05, 3.63) is 63.9 Å². The number of nitrogens with one attached hydrogen (secondary N) is 4. The molecule has 0 fully saturated rings. The second-order valence-electron chi connectivity index (χ2n) is 8.30. The number of amidine groups is 1. The Morgan fingerprint density at radius 1 is 1.25 bits per heavy atom. The number of carbonyl (C=O) groups excluding carboxylic acids is 1. The number of hydrogen-bond acceptors (Lipinski definition) is 5. The lowest BCUT2D eigenvalue weighted by Gasteiger charge is -2.24. The number of amides is 1. The molecule has 0 aromatic heterocycles. The summed E-state index contributed by atoms with van der Waals surface area (Å²) in [5.41, 5.74) is 5.21. The average molecular weight is 438 g/mol. The minimum Gasteiger partial charge on any atom is -0.496 e. The molecule has 1 aliphatic rings. The Balaban J connectivity index is 2.21. The average Bonchev–Trinajstić information content (AvgIpc) is 2.77. The molecule has 32 heavy (non-hydrogen) atoms. The van der Waals surface area contributed by atoms with Gasteiger partial charge in [0, 0.05) is 18.3 Å². The Morgan fingerprint density at radius 2 is 1.97 bits per heavy atom. The third-order valence-corrected chi connectivity index (χ3v) is 5.38. The molecule has 0 atom stereocenters. The number of allylic oxidation sites excluding steroid dienone is 4. The molecular formula is C25H35N5O2. The summed E-state index contributed by atoms with van der Waals surface area (Å²) >= 11 is 0. The van der Waals surface area contributed by atoms with Crippen molar-refractivity contribution in [3.8, 4) is 5.75 Å². The van der Waals surface area contributed by atoms with Crippen molar-refractivity contribution >= 4 is 18.1 Å². The molecule has 4 N–H and O–H groups in total. The van der Waals surface area contributed by atoms with Gasteiger partial charge in [0.1, 0.15) is 11.6 Å². The van der Waals surface area contributed by atoms with Gasteiger partial charge in [-0.15, -0.1) is 0 Å². The van der Waals surface area contributed by atoms with Crippen molar-refractivity contribution < 1.29 is 9.53 Å². The molecule has 0 bridgehead atoms. The van der Waals surface area contributed by atoms with Gasteiger partial charge in [-0.25, -0.2) is 0 Å². The number of methoxy groups -OCH3 is 1. The molecule has 1 aromatic rings. The number of ether oxygens (including phenoxy) is 1. The molecule has 0 saturated carbocycles. The minimum absolute atomic E-state index is 0.0294. The number of rotatable bonds is 8. The summed E-state index contributed by atoms with van der Waals surface area (Å²) in [5.74, 6) is 0.624. The quantitative estimate of drug-likeness (QED) is 0.279. The predicted molar refractivity (Wildman–Crippen MR) is 131 cm³/mol. The van der Waals surface area contributed by atoms with Crippen LogP contribution in [0.2, 0.25) is 0 Å². The van der Waals surface area contributed by atoms with Crippen LogP contribution in [-0.2, 0) is 13.0 Å². The van der Waals surface area contributed by atoms with Gasteiger partial charge in [-0.05, 0) is 82.5 Å².